The van der Waals surface area contributed by atoms with Crippen molar-refractivity contribution in [2.75, 3.05) is 0 Å². The van der Waals surface area contributed by atoms with E-state index < -0.39 is 28.4 Å². The van der Waals surface area contributed by atoms with Gasteiger partial charge in [-0.3, -0.25) is 19.8 Å². The minimum atomic E-state index is -0.776. The minimum Gasteiger partial charge on any atom is -0.872 e. The zero-order valence-corrected chi connectivity index (χ0v) is 13.1. The molecule has 3 amide bonds. The quantitative estimate of drug-likeness (QED) is 0.389. The molecule has 8 nitrogen and oxygen atoms in total. The van der Waals surface area contributed by atoms with Gasteiger partial charge in [0, 0.05) is 17.7 Å². The standard InChI is InChI=1S/C17H12FN3O5/c18-13-4-2-1-3-10(13)9-20-16(23)14(19-17(20)24)8-11-7-12(21(25)26)5-6-15(11)22/h1-8,22H,9H2,(H,19,24)/p-1/b14-8-. The molecule has 132 valence electrons. The van der Waals surface area contributed by atoms with Crippen molar-refractivity contribution in [3.05, 3.63) is 75.2 Å². The number of imide groups is 1. The van der Waals surface area contributed by atoms with Gasteiger partial charge >= 0.3 is 6.03 Å². The van der Waals surface area contributed by atoms with Crippen molar-refractivity contribution in [1.82, 2.24) is 10.2 Å². The van der Waals surface area contributed by atoms with Gasteiger partial charge in [0.05, 0.1) is 11.5 Å². The van der Waals surface area contributed by atoms with Gasteiger partial charge in [-0.2, -0.15) is 0 Å². The number of non-ortho nitro benzene ring substituents is 1. The van der Waals surface area contributed by atoms with Crippen LogP contribution in [0.3, 0.4) is 0 Å². The molecular weight excluding hydrogens is 345 g/mol. The van der Waals surface area contributed by atoms with Crippen molar-refractivity contribution >= 4 is 23.7 Å². The zero-order chi connectivity index (χ0) is 18.8. The van der Waals surface area contributed by atoms with Crippen molar-refractivity contribution < 1.29 is 24.0 Å². The van der Waals surface area contributed by atoms with Crippen LogP contribution >= 0.6 is 0 Å². The van der Waals surface area contributed by atoms with Crippen molar-refractivity contribution in [2.24, 2.45) is 0 Å². The average molecular weight is 356 g/mol. The Labute approximate surface area is 146 Å². The van der Waals surface area contributed by atoms with Crippen molar-refractivity contribution in [3.63, 3.8) is 0 Å². The summed E-state index contributed by atoms with van der Waals surface area (Å²) in [6.07, 6.45) is 1.07. The molecule has 1 fully saturated rings. The summed E-state index contributed by atoms with van der Waals surface area (Å²) in [5.74, 6) is -1.87. The van der Waals surface area contributed by atoms with Crippen LogP contribution in [0.1, 0.15) is 11.1 Å². The van der Waals surface area contributed by atoms with Crippen LogP contribution in [0, 0.1) is 15.9 Å². The molecule has 0 aliphatic carbocycles. The lowest BCUT2D eigenvalue weighted by molar-refractivity contribution is -0.385. The summed E-state index contributed by atoms with van der Waals surface area (Å²) in [6.45, 7) is -0.284. The van der Waals surface area contributed by atoms with Crippen LogP contribution in [0.5, 0.6) is 5.75 Å². The fourth-order valence-electron chi connectivity index (χ4n) is 2.43. The van der Waals surface area contributed by atoms with Crippen LogP contribution in [-0.4, -0.2) is 21.8 Å². The number of hydrogen-bond donors (Lipinski definition) is 1. The van der Waals surface area contributed by atoms with Gasteiger partial charge in [0.25, 0.3) is 11.6 Å². The smallest absolute Gasteiger partial charge is 0.329 e. The van der Waals surface area contributed by atoms with E-state index >= 15 is 0 Å². The Balaban J connectivity index is 1.89. The number of amides is 3. The third-order valence-corrected chi connectivity index (χ3v) is 3.75. The van der Waals surface area contributed by atoms with E-state index in [0.29, 0.717) is 0 Å². The molecule has 0 unspecified atom stereocenters. The first-order chi connectivity index (χ1) is 12.4. The number of hydrogen-bond acceptors (Lipinski definition) is 5. The van der Waals surface area contributed by atoms with Gasteiger partial charge < -0.3 is 10.4 Å². The molecule has 0 atom stereocenters. The number of nitro groups is 1. The summed E-state index contributed by atoms with van der Waals surface area (Å²) in [7, 11) is 0. The summed E-state index contributed by atoms with van der Waals surface area (Å²) in [4.78, 5) is 35.3. The lowest BCUT2D eigenvalue weighted by Gasteiger charge is -2.12. The van der Waals surface area contributed by atoms with Gasteiger partial charge in [-0.25, -0.2) is 9.18 Å². The van der Waals surface area contributed by atoms with E-state index in [1.165, 1.54) is 18.2 Å². The highest BCUT2D eigenvalue weighted by molar-refractivity contribution is 6.14. The van der Waals surface area contributed by atoms with Gasteiger partial charge in [0.1, 0.15) is 11.5 Å². The fourth-order valence-corrected chi connectivity index (χ4v) is 2.43. The molecule has 0 radical (unpaired) electrons. The van der Waals surface area contributed by atoms with Gasteiger partial charge in [0.2, 0.25) is 0 Å². The minimum absolute atomic E-state index is 0.115. The first kappa shape index (κ1) is 17.1. The summed E-state index contributed by atoms with van der Waals surface area (Å²) in [5.41, 5.74) is -0.506. The maximum absolute atomic E-state index is 13.7. The predicted molar refractivity (Wildman–Crippen MR) is 86.0 cm³/mol. The number of nitrogens with one attached hydrogen (secondary N) is 1. The van der Waals surface area contributed by atoms with E-state index in [-0.39, 0.29) is 29.1 Å². The summed E-state index contributed by atoms with van der Waals surface area (Å²) in [6, 6.07) is 7.98. The van der Waals surface area contributed by atoms with Crippen LogP contribution in [0.4, 0.5) is 14.9 Å². The molecule has 1 N–H and O–H groups in total. The number of benzene rings is 2. The summed E-state index contributed by atoms with van der Waals surface area (Å²) >= 11 is 0. The molecule has 2 aromatic carbocycles. The Morgan fingerprint density at radius 1 is 1.19 bits per heavy atom. The number of nitrogens with zero attached hydrogens (tertiary/aromatic N) is 2. The molecule has 1 saturated heterocycles. The number of carbonyl (C=O) groups excluding carboxylic acids is 2. The second-order valence-electron chi connectivity index (χ2n) is 5.45. The SMILES string of the molecule is O=C1N/C(=C\c2cc([N+](=O)[O-])ccc2[O-])C(=O)N1Cc1ccccc1F. The molecule has 0 bridgehead atoms. The Morgan fingerprint density at radius 3 is 2.62 bits per heavy atom. The second-order valence-corrected chi connectivity index (χ2v) is 5.45. The molecular formula is C17H11FN3O5-. The lowest BCUT2D eigenvalue weighted by atomic mass is 10.1. The fraction of sp³-hybridized carbons (Fsp3) is 0.0588. The van der Waals surface area contributed by atoms with Crippen molar-refractivity contribution in [2.45, 2.75) is 6.54 Å². The van der Waals surface area contributed by atoms with Crippen molar-refractivity contribution in [3.8, 4) is 5.75 Å². The van der Waals surface area contributed by atoms with Crippen LogP contribution in [-0.2, 0) is 11.3 Å². The third-order valence-electron chi connectivity index (χ3n) is 3.75. The van der Waals surface area contributed by atoms with E-state index in [1.807, 2.05) is 0 Å². The van der Waals surface area contributed by atoms with E-state index in [0.717, 1.165) is 29.2 Å². The molecule has 3 rings (SSSR count). The maximum atomic E-state index is 13.7. The van der Waals surface area contributed by atoms with Gasteiger partial charge in [-0.1, -0.05) is 24.3 Å². The number of urea groups is 1. The van der Waals surface area contributed by atoms with E-state index in [1.54, 1.807) is 6.07 Å². The molecule has 2 aromatic rings. The highest BCUT2D eigenvalue weighted by atomic mass is 19.1. The molecule has 0 spiro atoms. The third kappa shape index (κ3) is 3.22. The number of carbonyl (C=O) groups is 2. The summed E-state index contributed by atoms with van der Waals surface area (Å²) in [5, 5.41) is 24.9. The normalized spacial score (nSPS) is 15.4. The Morgan fingerprint density at radius 2 is 1.92 bits per heavy atom. The molecule has 0 aromatic heterocycles. The predicted octanol–water partition coefficient (Wildman–Crippen LogP) is 1.90. The highest BCUT2D eigenvalue weighted by Crippen LogP contribution is 2.25. The molecule has 1 aliphatic heterocycles. The van der Waals surface area contributed by atoms with Crippen LogP contribution in [0.25, 0.3) is 6.08 Å². The number of halogens is 1. The number of nitro benzene ring substituents is 1. The molecule has 1 heterocycles. The van der Waals surface area contributed by atoms with Crippen LogP contribution in [0.2, 0.25) is 0 Å². The van der Waals surface area contributed by atoms with Crippen LogP contribution in [0.15, 0.2) is 48.2 Å². The highest BCUT2D eigenvalue weighted by Gasteiger charge is 2.34. The molecule has 1 aliphatic rings. The zero-order valence-electron chi connectivity index (χ0n) is 13.1. The monoisotopic (exact) mass is 356 g/mol. The Hall–Kier alpha value is -3.75. The summed E-state index contributed by atoms with van der Waals surface area (Å²) < 4.78 is 13.7. The van der Waals surface area contributed by atoms with Gasteiger partial charge in [-0.05, 0) is 17.7 Å². The largest absolute Gasteiger partial charge is 0.872 e. The number of rotatable bonds is 4. The molecule has 26 heavy (non-hydrogen) atoms. The van der Waals surface area contributed by atoms with Gasteiger partial charge in [0.15, 0.2) is 0 Å². The van der Waals surface area contributed by atoms with Crippen LogP contribution < -0.4 is 10.4 Å². The first-order valence-electron chi connectivity index (χ1n) is 7.40. The first-order valence-corrected chi connectivity index (χ1v) is 7.40. The second kappa shape index (κ2) is 6.63. The topological polar surface area (TPSA) is 116 Å². The van der Waals surface area contributed by atoms with E-state index in [4.69, 9.17) is 0 Å². The average Bonchev–Trinajstić information content (AvgIpc) is 2.86. The Kier molecular flexibility index (Phi) is 4.36. The molecule has 9 heteroatoms. The van der Waals surface area contributed by atoms with Gasteiger partial charge in [-0.15, -0.1) is 5.75 Å². The van der Waals surface area contributed by atoms with E-state index in [9.17, 15) is 29.2 Å². The maximum Gasteiger partial charge on any atom is 0.329 e. The Bertz CT molecular complexity index is 957. The van der Waals surface area contributed by atoms with Crippen molar-refractivity contribution in [1.29, 1.82) is 0 Å². The lowest BCUT2D eigenvalue weighted by Crippen LogP contribution is -2.30. The molecule has 0 saturated carbocycles. The van der Waals surface area contributed by atoms with E-state index in [2.05, 4.69) is 5.32 Å².